The van der Waals surface area contributed by atoms with Crippen LogP contribution < -0.4 is 10.1 Å². The van der Waals surface area contributed by atoms with Crippen molar-refractivity contribution in [2.24, 2.45) is 0 Å². The molecule has 102 valence electrons. The molecule has 1 amide bonds. The highest BCUT2D eigenvalue weighted by Gasteiger charge is 2.08. The molecule has 1 aromatic carbocycles. The molecule has 0 spiro atoms. The molecule has 5 nitrogen and oxygen atoms in total. The zero-order chi connectivity index (χ0) is 14.4. The Morgan fingerprint density at radius 3 is 2.70 bits per heavy atom. The van der Waals surface area contributed by atoms with Crippen molar-refractivity contribution in [3.05, 3.63) is 53.9 Å². The van der Waals surface area contributed by atoms with Crippen molar-refractivity contribution < 1.29 is 14.3 Å². The second kappa shape index (κ2) is 6.47. The van der Waals surface area contributed by atoms with E-state index in [0.717, 1.165) is 0 Å². The lowest BCUT2D eigenvalue weighted by Gasteiger charge is -2.09. The van der Waals surface area contributed by atoms with Crippen molar-refractivity contribution in [3.63, 3.8) is 0 Å². The minimum atomic E-state index is -0.298. The number of carbonyl (C=O) groups excluding carboxylic acids is 2. The van der Waals surface area contributed by atoms with Gasteiger partial charge in [0.05, 0.1) is 0 Å². The van der Waals surface area contributed by atoms with Crippen molar-refractivity contribution in [1.82, 2.24) is 4.98 Å². The number of aryl methyl sites for hydroxylation is 1. The number of hydrogen-bond acceptors (Lipinski definition) is 4. The van der Waals surface area contributed by atoms with Crippen molar-refractivity contribution >= 4 is 17.9 Å². The number of nitrogens with one attached hydrogen (secondary N) is 1. The molecule has 0 atom stereocenters. The van der Waals surface area contributed by atoms with E-state index in [9.17, 15) is 9.59 Å². The molecule has 0 aliphatic heterocycles. The Labute approximate surface area is 116 Å². The third kappa shape index (κ3) is 3.65. The number of aromatic nitrogens is 1. The van der Waals surface area contributed by atoms with E-state index in [1.165, 1.54) is 0 Å². The fourth-order valence-corrected chi connectivity index (χ4v) is 1.63. The summed E-state index contributed by atoms with van der Waals surface area (Å²) in [4.78, 5) is 26.6. The van der Waals surface area contributed by atoms with E-state index >= 15 is 0 Å². The van der Waals surface area contributed by atoms with Gasteiger partial charge in [-0.1, -0.05) is 18.2 Å². The number of aldehydes is 1. The van der Waals surface area contributed by atoms with Gasteiger partial charge in [-0.25, -0.2) is 4.98 Å². The van der Waals surface area contributed by atoms with Crippen LogP contribution >= 0.6 is 0 Å². The molecule has 0 aliphatic carbocycles. The Hall–Kier alpha value is -2.69. The summed E-state index contributed by atoms with van der Waals surface area (Å²) in [6, 6.07) is 12.4. The zero-order valence-corrected chi connectivity index (χ0v) is 11.0. The summed E-state index contributed by atoms with van der Waals surface area (Å²) in [6.07, 6.45) is 0.609. The molecule has 0 aliphatic rings. The highest BCUT2D eigenvalue weighted by Crippen LogP contribution is 2.15. The lowest BCUT2D eigenvalue weighted by atomic mass is 10.3. The number of carbonyl (C=O) groups is 2. The molecule has 1 aromatic heterocycles. The van der Waals surface area contributed by atoms with Crippen LogP contribution in [0.15, 0.2) is 42.5 Å². The zero-order valence-electron chi connectivity index (χ0n) is 11.0. The summed E-state index contributed by atoms with van der Waals surface area (Å²) in [6.45, 7) is 1.60. The molecule has 0 unspecified atom stereocenters. The number of hydrogen-bond donors (Lipinski definition) is 1. The van der Waals surface area contributed by atoms with E-state index in [4.69, 9.17) is 4.74 Å². The molecule has 2 rings (SSSR count). The fraction of sp³-hybridized carbons (Fsp3) is 0.133. The van der Waals surface area contributed by atoms with E-state index in [1.807, 2.05) is 18.2 Å². The number of pyridine rings is 1. The summed E-state index contributed by atoms with van der Waals surface area (Å²) in [5.74, 6) is 0.00226. The normalized spacial score (nSPS) is 9.85. The van der Waals surface area contributed by atoms with Crippen molar-refractivity contribution in [2.45, 2.75) is 6.92 Å². The molecule has 20 heavy (non-hydrogen) atoms. The predicted octanol–water partition coefficient (Wildman–Crippen LogP) is 2.22. The quantitative estimate of drug-likeness (QED) is 0.846. The van der Waals surface area contributed by atoms with Gasteiger partial charge in [-0.05, 0) is 31.2 Å². The predicted molar refractivity (Wildman–Crippen MR) is 74.9 cm³/mol. The summed E-state index contributed by atoms with van der Waals surface area (Å²) >= 11 is 0. The van der Waals surface area contributed by atoms with Gasteiger partial charge in [0.1, 0.15) is 11.4 Å². The second-order valence-electron chi connectivity index (χ2n) is 4.16. The highest BCUT2D eigenvalue weighted by molar-refractivity contribution is 5.92. The highest BCUT2D eigenvalue weighted by atomic mass is 16.5. The smallest absolute Gasteiger partial charge is 0.262 e. The molecule has 2 aromatic rings. The van der Waals surface area contributed by atoms with E-state index in [1.54, 1.807) is 31.2 Å². The molecule has 5 heteroatoms. The summed E-state index contributed by atoms with van der Waals surface area (Å²) in [7, 11) is 0. The molecule has 1 heterocycles. The Bertz CT molecular complexity index is 612. The van der Waals surface area contributed by atoms with Gasteiger partial charge >= 0.3 is 0 Å². The largest absolute Gasteiger partial charge is 0.481 e. The molecule has 0 radical (unpaired) electrons. The third-order valence-electron chi connectivity index (χ3n) is 2.55. The fourth-order valence-electron chi connectivity index (χ4n) is 1.63. The van der Waals surface area contributed by atoms with Crippen molar-refractivity contribution in [3.8, 4) is 5.75 Å². The number of nitrogens with zero attached hydrogens (tertiary/aromatic N) is 1. The Kier molecular flexibility index (Phi) is 4.44. The van der Waals surface area contributed by atoms with E-state index in [2.05, 4.69) is 10.3 Å². The van der Waals surface area contributed by atoms with Crippen LogP contribution in [0.25, 0.3) is 0 Å². The monoisotopic (exact) mass is 270 g/mol. The van der Waals surface area contributed by atoms with E-state index < -0.39 is 0 Å². The van der Waals surface area contributed by atoms with Gasteiger partial charge in [0.15, 0.2) is 12.9 Å². The standard InChI is InChI=1S/C15H14N2O3/c1-11-7-8-14(13(9-18)16-11)20-10-15(19)17-12-5-3-2-4-6-12/h2-9H,10H2,1H3,(H,17,19). The first kappa shape index (κ1) is 13.7. The van der Waals surface area contributed by atoms with Crippen LogP contribution in [0.2, 0.25) is 0 Å². The van der Waals surface area contributed by atoms with Gasteiger partial charge in [-0.15, -0.1) is 0 Å². The first-order chi connectivity index (χ1) is 9.69. The van der Waals surface area contributed by atoms with E-state index in [-0.39, 0.29) is 18.2 Å². The molecule has 0 saturated heterocycles. The number of amides is 1. The average molecular weight is 270 g/mol. The van der Waals surface area contributed by atoms with Gasteiger partial charge < -0.3 is 10.1 Å². The van der Waals surface area contributed by atoms with Crippen LogP contribution in [0.3, 0.4) is 0 Å². The van der Waals surface area contributed by atoms with E-state index in [0.29, 0.717) is 23.4 Å². The van der Waals surface area contributed by atoms with Gasteiger partial charge in [0.2, 0.25) is 0 Å². The van der Waals surface area contributed by atoms with Crippen molar-refractivity contribution in [1.29, 1.82) is 0 Å². The number of rotatable bonds is 5. The van der Waals surface area contributed by atoms with Gasteiger partial charge in [0, 0.05) is 11.4 Å². The number of anilines is 1. The van der Waals surface area contributed by atoms with Crippen LogP contribution in [0.5, 0.6) is 5.75 Å². The lowest BCUT2D eigenvalue weighted by Crippen LogP contribution is -2.20. The molecular formula is C15H14N2O3. The number of para-hydroxylation sites is 1. The lowest BCUT2D eigenvalue weighted by molar-refractivity contribution is -0.118. The summed E-state index contributed by atoms with van der Waals surface area (Å²) < 4.78 is 5.31. The molecule has 1 N–H and O–H groups in total. The topological polar surface area (TPSA) is 68.3 Å². The average Bonchev–Trinajstić information content (AvgIpc) is 2.47. The minimum Gasteiger partial charge on any atom is -0.481 e. The first-order valence-corrected chi connectivity index (χ1v) is 6.09. The van der Waals surface area contributed by atoms with Crippen LogP contribution in [0.4, 0.5) is 5.69 Å². The number of benzene rings is 1. The third-order valence-corrected chi connectivity index (χ3v) is 2.55. The summed E-state index contributed by atoms with van der Waals surface area (Å²) in [5.41, 5.74) is 1.60. The minimum absolute atomic E-state index is 0.180. The maximum absolute atomic E-state index is 11.7. The molecular weight excluding hydrogens is 256 g/mol. The Morgan fingerprint density at radius 2 is 2.00 bits per heavy atom. The van der Waals surface area contributed by atoms with Crippen molar-refractivity contribution in [2.75, 3.05) is 11.9 Å². The molecule has 0 fully saturated rings. The van der Waals surface area contributed by atoms with Crippen LogP contribution in [0.1, 0.15) is 16.2 Å². The first-order valence-electron chi connectivity index (χ1n) is 6.09. The number of ether oxygens (including phenoxy) is 1. The van der Waals surface area contributed by atoms with Gasteiger partial charge in [-0.3, -0.25) is 9.59 Å². The SMILES string of the molecule is Cc1ccc(OCC(=O)Nc2ccccc2)c(C=O)n1. The molecule has 0 bridgehead atoms. The second-order valence-corrected chi connectivity index (χ2v) is 4.16. The maximum Gasteiger partial charge on any atom is 0.262 e. The Balaban J connectivity index is 1.95. The van der Waals surface area contributed by atoms with Crippen LogP contribution in [0, 0.1) is 6.92 Å². The van der Waals surface area contributed by atoms with Crippen LogP contribution in [-0.4, -0.2) is 23.8 Å². The molecule has 0 saturated carbocycles. The summed E-state index contributed by atoms with van der Waals surface area (Å²) in [5, 5.41) is 2.69. The van der Waals surface area contributed by atoms with Crippen LogP contribution in [-0.2, 0) is 4.79 Å². The van der Waals surface area contributed by atoms with Gasteiger partial charge in [-0.2, -0.15) is 0 Å². The maximum atomic E-state index is 11.7. The van der Waals surface area contributed by atoms with Gasteiger partial charge in [0.25, 0.3) is 5.91 Å². The Morgan fingerprint density at radius 1 is 1.25 bits per heavy atom.